The number of fused-ring (bicyclic) bond motifs is 2. The highest BCUT2D eigenvalue weighted by molar-refractivity contribution is 5.96. The van der Waals surface area contributed by atoms with Gasteiger partial charge < -0.3 is 24.7 Å². The van der Waals surface area contributed by atoms with Gasteiger partial charge in [0.1, 0.15) is 17.8 Å². The Hall–Kier alpha value is -4.60. The van der Waals surface area contributed by atoms with E-state index in [1.165, 1.54) is 6.92 Å². The number of anilines is 1. The number of aromatic nitrogens is 2. The minimum atomic E-state index is -1.20. The van der Waals surface area contributed by atoms with E-state index in [0.29, 0.717) is 19.4 Å². The van der Waals surface area contributed by atoms with E-state index >= 15 is 0 Å². The lowest BCUT2D eigenvalue weighted by atomic mass is 10.0. The van der Waals surface area contributed by atoms with E-state index in [0.717, 1.165) is 40.6 Å². The number of hydrogen-bond donors (Lipinski definition) is 3. The highest BCUT2D eigenvalue weighted by atomic mass is 16.4. The summed E-state index contributed by atoms with van der Waals surface area (Å²) in [4.78, 5) is 45.1. The number of nitrogens with one attached hydrogen (secondary N) is 2. The first-order chi connectivity index (χ1) is 20.1. The lowest BCUT2D eigenvalue weighted by molar-refractivity contribution is -0.124. The fraction of sp³-hybridized carbons (Fsp3) is 0.375. The summed E-state index contributed by atoms with van der Waals surface area (Å²) >= 11 is 0. The van der Waals surface area contributed by atoms with Crippen molar-refractivity contribution < 1.29 is 23.9 Å². The van der Waals surface area contributed by atoms with E-state index < -0.39 is 18.1 Å². The minimum Gasteiger partial charge on any atom is -0.476 e. The van der Waals surface area contributed by atoms with Crippen LogP contribution < -0.4 is 15.5 Å². The molecule has 3 amide bonds. The van der Waals surface area contributed by atoms with Crippen molar-refractivity contribution >= 4 is 34.5 Å². The molecule has 0 aliphatic carbocycles. The maximum absolute atomic E-state index is 13.9. The second-order valence-electron chi connectivity index (χ2n) is 11.3. The molecule has 1 aliphatic heterocycles. The van der Waals surface area contributed by atoms with Crippen LogP contribution in [0.15, 0.2) is 59.1 Å². The van der Waals surface area contributed by atoms with Gasteiger partial charge in [0, 0.05) is 42.8 Å². The summed E-state index contributed by atoms with van der Waals surface area (Å²) in [6, 6.07) is 13.8. The standard InChI is InChI=1S/C32H37N5O5/c1-19(2)16-24(34-32(41)37-15-9-11-21-10-5-7-13-26(21)37)29(38)33-25(30-35-28(31(39)40)20(3)42-30)17-22-18-36(4)27-14-8-6-12-23(22)27/h5-8,10,12-14,18-19,24-25H,9,11,15-17H2,1-4H3,(H,33,38)(H,34,41)(H,39,40). The van der Waals surface area contributed by atoms with Crippen LogP contribution in [0.25, 0.3) is 10.9 Å². The normalized spacial score (nSPS) is 14.5. The summed E-state index contributed by atoms with van der Waals surface area (Å²) in [5.74, 6) is -1.21. The summed E-state index contributed by atoms with van der Waals surface area (Å²) in [5.41, 5.74) is 3.74. The Morgan fingerprint density at radius 2 is 1.81 bits per heavy atom. The number of carbonyl (C=O) groups excluding carboxylic acids is 2. The van der Waals surface area contributed by atoms with Crippen LogP contribution in [0, 0.1) is 12.8 Å². The van der Waals surface area contributed by atoms with Crippen LogP contribution in [-0.4, -0.2) is 45.2 Å². The predicted molar refractivity (Wildman–Crippen MR) is 160 cm³/mol. The molecular weight excluding hydrogens is 534 g/mol. The van der Waals surface area contributed by atoms with Crippen LogP contribution in [-0.2, 0) is 24.7 Å². The van der Waals surface area contributed by atoms with E-state index in [1.807, 2.05) is 80.2 Å². The van der Waals surface area contributed by atoms with Crippen LogP contribution in [0.5, 0.6) is 0 Å². The maximum atomic E-state index is 13.9. The number of urea groups is 1. The molecule has 2 unspecified atom stereocenters. The Balaban J connectivity index is 1.43. The molecule has 2 atom stereocenters. The zero-order chi connectivity index (χ0) is 30.0. The predicted octanol–water partition coefficient (Wildman–Crippen LogP) is 5.15. The lowest BCUT2D eigenvalue weighted by Gasteiger charge is -2.31. The molecule has 10 heteroatoms. The minimum absolute atomic E-state index is 0.103. The average molecular weight is 572 g/mol. The van der Waals surface area contributed by atoms with Gasteiger partial charge in [-0.15, -0.1) is 0 Å². The molecule has 0 fully saturated rings. The van der Waals surface area contributed by atoms with Crippen molar-refractivity contribution in [1.29, 1.82) is 0 Å². The van der Waals surface area contributed by atoms with Crippen molar-refractivity contribution in [3.05, 3.63) is 83.2 Å². The molecule has 0 saturated carbocycles. The first kappa shape index (κ1) is 28.9. The van der Waals surface area contributed by atoms with Crippen LogP contribution in [0.1, 0.15) is 66.0 Å². The molecule has 3 heterocycles. The molecule has 3 N–H and O–H groups in total. The van der Waals surface area contributed by atoms with Crippen LogP contribution >= 0.6 is 0 Å². The zero-order valence-corrected chi connectivity index (χ0v) is 24.4. The number of carboxylic acid groups (broad SMARTS) is 1. The molecule has 42 heavy (non-hydrogen) atoms. The first-order valence-electron chi connectivity index (χ1n) is 14.3. The third-order valence-electron chi connectivity index (χ3n) is 7.71. The molecular formula is C32H37N5O5. The summed E-state index contributed by atoms with van der Waals surface area (Å²) in [5, 5.41) is 16.6. The second kappa shape index (κ2) is 12.1. The number of carboxylic acids is 1. The van der Waals surface area contributed by atoms with Crippen LogP contribution in [0.4, 0.5) is 10.5 Å². The average Bonchev–Trinajstić information content (AvgIpc) is 3.51. The number of amides is 3. The van der Waals surface area contributed by atoms with Crippen LogP contribution in [0.3, 0.4) is 0 Å². The van der Waals surface area contributed by atoms with Crippen molar-refractivity contribution in [3.8, 4) is 0 Å². The SMILES string of the molecule is Cc1oc(C(Cc2cn(C)c3ccccc23)NC(=O)C(CC(C)C)NC(=O)N2CCCc3ccccc32)nc1C(=O)O. The maximum Gasteiger partial charge on any atom is 0.358 e. The molecule has 0 bridgehead atoms. The second-order valence-corrected chi connectivity index (χ2v) is 11.3. The summed E-state index contributed by atoms with van der Waals surface area (Å²) < 4.78 is 7.80. The van der Waals surface area contributed by atoms with E-state index in [2.05, 4.69) is 15.6 Å². The lowest BCUT2D eigenvalue weighted by Crippen LogP contribution is -2.53. The van der Waals surface area contributed by atoms with Crippen molar-refractivity contribution in [2.45, 2.75) is 58.5 Å². The fourth-order valence-corrected chi connectivity index (χ4v) is 5.72. The van der Waals surface area contributed by atoms with Crippen molar-refractivity contribution in [1.82, 2.24) is 20.2 Å². The number of nitrogens with zero attached hydrogens (tertiary/aromatic N) is 3. The van der Waals surface area contributed by atoms with Gasteiger partial charge in [0.15, 0.2) is 5.69 Å². The van der Waals surface area contributed by atoms with E-state index in [-0.39, 0.29) is 35.2 Å². The topological polar surface area (TPSA) is 130 Å². The van der Waals surface area contributed by atoms with Gasteiger partial charge in [-0.1, -0.05) is 50.2 Å². The van der Waals surface area contributed by atoms with Gasteiger partial charge in [0.05, 0.1) is 0 Å². The van der Waals surface area contributed by atoms with Gasteiger partial charge in [0.2, 0.25) is 11.8 Å². The molecule has 4 aromatic rings. The summed E-state index contributed by atoms with van der Waals surface area (Å²) in [7, 11) is 1.95. The van der Waals surface area contributed by atoms with Gasteiger partial charge in [-0.25, -0.2) is 14.6 Å². The van der Waals surface area contributed by atoms with Gasteiger partial charge in [-0.3, -0.25) is 9.69 Å². The summed E-state index contributed by atoms with van der Waals surface area (Å²) in [6.07, 6.45) is 4.46. The smallest absolute Gasteiger partial charge is 0.358 e. The van der Waals surface area contributed by atoms with Gasteiger partial charge in [0.25, 0.3) is 0 Å². The number of rotatable bonds is 9. The Kier molecular flexibility index (Phi) is 8.33. The zero-order valence-electron chi connectivity index (χ0n) is 24.4. The number of carbonyl (C=O) groups is 3. The first-order valence-corrected chi connectivity index (χ1v) is 14.3. The fourth-order valence-electron chi connectivity index (χ4n) is 5.72. The molecule has 10 nitrogen and oxygen atoms in total. The number of benzene rings is 2. The van der Waals surface area contributed by atoms with E-state index in [9.17, 15) is 19.5 Å². The Morgan fingerprint density at radius 3 is 2.55 bits per heavy atom. The van der Waals surface area contributed by atoms with Crippen LogP contribution in [0.2, 0.25) is 0 Å². The van der Waals surface area contributed by atoms with Crippen molar-refractivity contribution in [2.24, 2.45) is 13.0 Å². The number of aromatic carboxylic acids is 1. The number of aryl methyl sites for hydroxylation is 3. The Bertz CT molecular complexity index is 1620. The number of hydrogen-bond acceptors (Lipinski definition) is 5. The van der Waals surface area contributed by atoms with Gasteiger partial charge in [-0.05, 0) is 55.4 Å². The molecule has 0 spiro atoms. The molecule has 0 radical (unpaired) electrons. The van der Waals surface area contributed by atoms with Crippen molar-refractivity contribution in [2.75, 3.05) is 11.4 Å². The monoisotopic (exact) mass is 571 g/mol. The van der Waals surface area contributed by atoms with Gasteiger partial charge >= 0.3 is 12.0 Å². The number of oxazole rings is 1. The van der Waals surface area contributed by atoms with Gasteiger partial charge in [-0.2, -0.15) is 0 Å². The van der Waals surface area contributed by atoms with E-state index in [4.69, 9.17) is 4.42 Å². The molecule has 2 aromatic heterocycles. The highest BCUT2D eigenvalue weighted by Gasteiger charge is 2.31. The summed E-state index contributed by atoms with van der Waals surface area (Å²) in [6.45, 7) is 6.09. The number of para-hydroxylation sites is 2. The quantitative estimate of drug-likeness (QED) is 0.255. The largest absolute Gasteiger partial charge is 0.476 e. The Labute approximate surface area is 244 Å². The Morgan fingerprint density at radius 1 is 1.07 bits per heavy atom. The van der Waals surface area contributed by atoms with E-state index in [1.54, 1.807) is 4.90 Å². The third-order valence-corrected chi connectivity index (χ3v) is 7.71. The highest BCUT2D eigenvalue weighted by Crippen LogP contribution is 2.29. The molecule has 5 rings (SSSR count). The third kappa shape index (κ3) is 6.02. The molecule has 0 saturated heterocycles. The molecule has 1 aliphatic rings. The van der Waals surface area contributed by atoms with Crippen molar-refractivity contribution in [3.63, 3.8) is 0 Å². The molecule has 2 aromatic carbocycles. The molecule has 220 valence electrons.